The third-order valence-corrected chi connectivity index (χ3v) is 5.90. The standard InChI is InChI=1S/C29H24N2/c1-19-14-15-24-18-25-12-7-13-26(28(25)27(24)16-19)29(30)31-20(2)22-10-6-11-23(17-22)21-8-4-3-5-9-21/h3-17H,2,18H2,1H3,(H2,30,31). The van der Waals surface area contributed by atoms with Crippen LogP contribution in [0.25, 0.3) is 28.0 Å². The van der Waals surface area contributed by atoms with Crippen LogP contribution in [0.4, 0.5) is 0 Å². The van der Waals surface area contributed by atoms with Crippen molar-refractivity contribution in [2.24, 2.45) is 10.7 Å². The summed E-state index contributed by atoms with van der Waals surface area (Å²) in [5.74, 6) is 0.501. The van der Waals surface area contributed by atoms with Crippen LogP contribution in [0.2, 0.25) is 0 Å². The van der Waals surface area contributed by atoms with Crippen molar-refractivity contribution in [1.82, 2.24) is 0 Å². The summed E-state index contributed by atoms with van der Waals surface area (Å²) in [4.78, 5) is 4.73. The fourth-order valence-corrected chi connectivity index (χ4v) is 4.34. The number of benzene rings is 4. The number of aliphatic imine (C=N–C) groups is 1. The lowest BCUT2D eigenvalue weighted by atomic mass is 9.97. The predicted molar refractivity (Wildman–Crippen MR) is 131 cm³/mol. The third-order valence-electron chi connectivity index (χ3n) is 5.90. The molecule has 1 aliphatic rings. The number of hydrogen-bond donors (Lipinski definition) is 1. The predicted octanol–water partition coefficient (Wildman–Crippen LogP) is 6.61. The smallest absolute Gasteiger partial charge is 0.131 e. The zero-order chi connectivity index (χ0) is 21.4. The Kier molecular flexibility index (Phi) is 4.76. The first-order valence-electron chi connectivity index (χ1n) is 10.5. The largest absolute Gasteiger partial charge is 0.383 e. The van der Waals surface area contributed by atoms with E-state index in [-0.39, 0.29) is 0 Å². The average Bonchev–Trinajstić information content (AvgIpc) is 3.17. The molecule has 0 saturated heterocycles. The molecule has 4 aromatic rings. The van der Waals surface area contributed by atoms with Gasteiger partial charge in [0.25, 0.3) is 0 Å². The lowest BCUT2D eigenvalue weighted by molar-refractivity contribution is 1.25. The maximum atomic E-state index is 6.54. The Labute approximate surface area is 183 Å². The van der Waals surface area contributed by atoms with Gasteiger partial charge < -0.3 is 5.73 Å². The molecule has 0 amide bonds. The second-order valence-corrected chi connectivity index (χ2v) is 8.07. The molecule has 0 spiro atoms. The van der Waals surface area contributed by atoms with Crippen LogP contribution < -0.4 is 5.73 Å². The second-order valence-electron chi connectivity index (χ2n) is 8.07. The van der Waals surface area contributed by atoms with Crippen LogP contribution in [-0.4, -0.2) is 5.84 Å². The van der Waals surface area contributed by atoms with Crippen LogP contribution in [0.3, 0.4) is 0 Å². The Hall–Kier alpha value is -3.91. The Morgan fingerprint density at radius 1 is 0.806 bits per heavy atom. The normalized spacial score (nSPS) is 12.4. The summed E-state index contributed by atoms with van der Waals surface area (Å²) < 4.78 is 0. The summed E-state index contributed by atoms with van der Waals surface area (Å²) in [5, 5.41) is 0. The monoisotopic (exact) mass is 400 g/mol. The summed E-state index contributed by atoms with van der Waals surface area (Å²) in [7, 11) is 0. The van der Waals surface area contributed by atoms with Gasteiger partial charge in [0, 0.05) is 11.1 Å². The highest BCUT2D eigenvalue weighted by Crippen LogP contribution is 2.39. The van der Waals surface area contributed by atoms with E-state index < -0.39 is 0 Å². The number of fused-ring (bicyclic) bond motifs is 3. The van der Waals surface area contributed by atoms with Crippen LogP contribution in [0.5, 0.6) is 0 Å². The lowest BCUT2D eigenvalue weighted by Crippen LogP contribution is -2.15. The minimum absolute atomic E-state index is 0.501. The van der Waals surface area contributed by atoms with Crippen LogP contribution in [0, 0.1) is 6.92 Å². The molecule has 31 heavy (non-hydrogen) atoms. The highest BCUT2D eigenvalue weighted by atomic mass is 14.9. The molecule has 0 radical (unpaired) electrons. The number of rotatable bonds is 4. The molecular formula is C29H24N2. The molecule has 0 unspecified atom stereocenters. The lowest BCUT2D eigenvalue weighted by Gasteiger charge is -2.11. The van der Waals surface area contributed by atoms with E-state index in [4.69, 9.17) is 10.7 Å². The van der Waals surface area contributed by atoms with Gasteiger partial charge in [-0.25, -0.2) is 4.99 Å². The van der Waals surface area contributed by atoms with E-state index in [2.05, 4.69) is 74.2 Å². The molecule has 0 heterocycles. The van der Waals surface area contributed by atoms with E-state index in [0.29, 0.717) is 11.5 Å². The summed E-state index contributed by atoms with van der Waals surface area (Å²) in [6.07, 6.45) is 0.937. The summed E-state index contributed by atoms with van der Waals surface area (Å²) in [6, 6.07) is 31.5. The van der Waals surface area contributed by atoms with E-state index in [0.717, 1.165) is 23.1 Å². The van der Waals surface area contributed by atoms with Gasteiger partial charge in [0.2, 0.25) is 0 Å². The van der Waals surface area contributed by atoms with Gasteiger partial charge in [0.15, 0.2) is 0 Å². The average molecular weight is 401 g/mol. The van der Waals surface area contributed by atoms with Gasteiger partial charge >= 0.3 is 0 Å². The van der Waals surface area contributed by atoms with Crippen LogP contribution in [-0.2, 0) is 6.42 Å². The molecule has 0 bridgehead atoms. The molecule has 2 heteroatoms. The molecule has 2 N–H and O–H groups in total. The molecule has 4 aromatic carbocycles. The highest BCUT2D eigenvalue weighted by Gasteiger charge is 2.22. The zero-order valence-corrected chi connectivity index (χ0v) is 17.6. The number of aryl methyl sites for hydroxylation is 1. The SMILES string of the molecule is C=C(/N=C(\N)c1cccc2c1-c1cc(C)ccc1C2)c1cccc(-c2ccccc2)c1. The van der Waals surface area contributed by atoms with Crippen molar-refractivity contribution in [2.45, 2.75) is 13.3 Å². The number of nitrogens with two attached hydrogens (primary N) is 1. The minimum atomic E-state index is 0.501. The fourth-order valence-electron chi connectivity index (χ4n) is 4.34. The number of hydrogen-bond acceptors (Lipinski definition) is 1. The van der Waals surface area contributed by atoms with Gasteiger partial charge in [0.05, 0.1) is 5.70 Å². The summed E-state index contributed by atoms with van der Waals surface area (Å²) in [6.45, 7) is 6.33. The van der Waals surface area contributed by atoms with Crippen molar-refractivity contribution in [3.63, 3.8) is 0 Å². The maximum Gasteiger partial charge on any atom is 0.131 e. The molecule has 0 aliphatic heterocycles. The summed E-state index contributed by atoms with van der Waals surface area (Å²) in [5.41, 5.74) is 17.8. The number of nitrogens with zero attached hydrogens (tertiary/aromatic N) is 1. The van der Waals surface area contributed by atoms with Crippen LogP contribution >= 0.6 is 0 Å². The Morgan fingerprint density at radius 3 is 2.42 bits per heavy atom. The molecule has 1 aliphatic carbocycles. The van der Waals surface area contributed by atoms with Gasteiger partial charge in [-0.15, -0.1) is 0 Å². The molecule has 150 valence electrons. The summed E-state index contributed by atoms with van der Waals surface area (Å²) >= 11 is 0. The first kappa shape index (κ1) is 19.1. The topological polar surface area (TPSA) is 38.4 Å². The van der Waals surface area contributed by atoms with Gasteiger partial charge in [0.1, 0.15) is 5.84 Å². The molecule has 2 nitrogen and oxygen atoms in total. The molecule has 0 fully saturated rings. The third kappa shape index (κ3) is 3.57. The molecule has 0 aromatic heterocycles. The second kappa shape index (κ2) is 7.73. The van der Waals surface area contributed by atoms with E-state index in [9.17, 15) is 0 Å². The Morgan fingerprint density at radius 2 is 1.58 bits per heavy atom. The fraction of sp³-hybridized carbons (Fsp3) is 0.0690. The number of amidine groups is 1. The zero-order valence-electron chi connectivity index (χ0n) is 17.6. The van der Waals surface area contributed by atoms with Gasteiger partial charge in [-0.1, -0.05) is 97.1 Å². The Balaban J connectivity index is 1.52. The van der Waals surface area contributed by atoms with E-state index in [1.807, 2.05) is 30.3 Å². The Bertz CT molecular complexity index is 1330. The molecular weight excluding hydrogens is 376 g/mol. The maximum absolute atomic E-state index is 6.54. The van der Waals surface area contributed by atoms with Crippen molar-refractivity contribution < 1.29 is 0 Å². The van der Waals surface area contributed by atoms with E-state index in [1.165, 1.54) is 33.4 Å². The van der Waals surface area contributed by atoms with Crippen LogP contribution in [0.1, 0.15) is 27.8 Å². The minimum Gasteiger partial charge on any atom is -0.383 e. The quantitative estimate of drug-likeness (QED) is 0.267. The van der Waals surface area contributed by atoms with Crippen molar-refractivity contribution in [3.8, 4) is 22.3 Å². The highest BCUT2D eigenvalue weighted by molar-refractivity contribution is 6.07. The van der Waals surface area contributed by atoms with Crippen molar-refractivity contribution in [2.75, 3.05) is 0 Å². The van der Waals surface area contributed by atoms with Gasteiger partial charge in [-0.3, -0.25) is 0 Å². The van der Waals surface area contributed by atoms with Crippen molar-refractivity contribution in [3.05, 3.63) is 125 Å². The van der Waals surface area contributed by atoms with Gasteiger partial charge in [-0.2, -0.15) is 0 Å². The van der Waals surface area contributed by atoms with Crippen LogP contribution in [0.15, 0.2) is 103 Å². The molecule has 0 saturated carbocycles. The molecule has 5 rings (SSSR count). The van der Waals surface area contributed by atoms with Gasteiger partial charge in [-0.05, 0) is 52.8 Å². The van der Waals surface area contributed by atoms with E-state index >= 15 is 0 Å². The van der Waals surface area contributed by atoms with E-state index in [1.54, 1.807) is 0 Å². The van der Waals surface area contributed by atoms with Crippen molar-refractivity contribution >= 4 is 11.5 Å². The first-order chi connectivity index (χ1) is 15.1. The van der Waals surface area contributed by atoms with Crippen molar-refractivity contribution in [1.29, 1.82) is 0 Å². The first-order valence-corrected chi connectivity index (χ1v) is 10.5. The molecule has 0 atom stereocenters.